The molecule has 2 aliphatic heterocycles. The van der Waals surface area contributed by atoms with E-state index in [2.05, 4.69) is 51.4 Å². The number of para-hydroxylation sites is 2. The second-order valence-electron chi connectivity index (χ2n) is 8.01. The van der Waals surface area contributed by atoms with Gasteiger partial charge >= 0.3 is 0 Å². The summed E-state index contributed by atoms with van der Waals surface area (Å²) in [4.78, 5) is 12.2. The largest absolute Gasteiger partial charge is 0.495 e. The van der Waals surface area contributed by atoms with Crippen LogP contribution in [0.3, 0.4) is 0 Å². The monoisotopic (exact) mass is 402 g/mol. The Morgan fingerprint density at radius 2 is 2.03 bits per heavy atom. The average Bonchev–Trinajstić information content (AvgIpc) is 3.09. The van der Waals surface area contributed by atoms with E-state index in [-0.39, 0.29) is 0 Å². The topological polar surface area (TPSA) is 55.4 Å². The quantitative estimate of drug-likeness (QED) is 0.532. The summed E-state index contributed by atoms with van der Waals surface area (Å²) in [5.74, 6) is 1.88. The summed E-state index contributed by atoms with van der Waals surface area (Å²) >= 11 is 0. The van der Waals surface area contributed by atoms with Crippen molar-refractivity contribution < 1.29 is 4.74 Å². The number of methoxy groups -OCH3 is 1. The Balaban J connectivity index is 1.50. The minimum atomic E-state index is 0.393. The molecule has 162 valence electrons. The van der Waals surface area contributed by atoms with Gasteiger partial charge in [0.2, 0.25) is 0 Å². The van der Waals surface area contributed by atoms with E-state index in [0.717, 1.165) is 63.9 Å². The molecule has 29 heavy (non-hydrogen) atoms. The van der Waals surface area contributed by atoms with Crippen molar-refractivity contribution in [3.8, 4) is 5.75 Å². The first-order chi connectivity index (χ1) is 14.2. The molecule has 0 amide bonds. The Morgan fingerprint density at radius 3 is 2.86 bits per heavy atom. The Bertz CT molecular complexity index is 652. The summed E-state index contributed by atoms with van der Waals surface area (Å²) < 4.78 is 5.53. The van der Waals surface area contributed by atoms with Crippen LogP contribution >= 0.6 is 0 Å². The van der Waals surface area contributed by atoms with E-state index in [0.29, 0.717) is 6.04 Å². The van der Waals surface area contributed by atoms with E-state index >= 15 is 0 Å². The van der Waals surface area contributed by atoms with Gasteiger partial charge in [0, 0.05) is 45.3 Å². The molecule has 2 fully saturated rings. The highest BCUT2D eigenvalue weighted by Crippen LogP contribution is 2.30. The van der Waals surface area contributed by atoms with Gasteiger partial charge < -0.3 is 30.1 Å². The molecule has 1 aromatic carbocycles. The predicted octanol–water partition coefficient (Wildman–Crippen LogP) is 1.47. The second-order valence-corrected chi connectivity index (χ2v) is 8.01. The molecule has 7 nitrogen and oxygen atoms in total. The maximum Gasteiger partial charge on any atom is 0.191 e. The number of likely N-dealkylation sites (N-methyl/N-ethyl adjacent to an activating group) is 1. The van der Waals surface area contributed by atoms with E-state index in [4.69, 9.17) is 9.73 Å². The summed E-state index contributed by atoms with van der Waals surface area (Å²) in [5, 5.41) is 7.05. The lowest BCUT2D eigenvalue weighted by molar-refractivity contribution is 0.283. The highest BCUT2D eigenvalue weighted by Gasteiger charge is 2.25. The highest BCUT2D eigenvalue weighted by molar-refractivity contribution is 5.80. The summed E-state index contributed by atoms with van der Waals surface area (Å²) in [7, 11) is 3.95. The number of nitrogens with one attached hydrogen (secondary N) is 2. The molecular formula is C22H38N6O. The van der Waals surface area contributed by atoms with Crippen LogP contribution in [-0.2, 0) is 0 Å². The maximum absolute atomic E-state index is 5.53. The molecule has 0 radical (unpaired) electrons. The first-order valence-electron chi connectivity index (χ1n) is 11.0. The zero-order valence-corrected chi connectivity index (χ0v) is 18.4. The average molecular weight is 403 g/mol. The van der Waals surface area contributed by atoms with E-state index in [1.807, 2.05) is 12.1 Å². The number of anilines is 1. The molecule has 1 atom stereocenters. The summed E-state index contributed by atoms with van der Waals surface area (Å²) in [6.07, 6.45) is 2.35. The molecule has 0 aliphatic carbocycles. The van der Waals surface area contributed by atoms with Crippen molar-refractivity contribution in [3.63, 3.8) is 0 Å². The van der Waals surface area contributed by atoms with Crippen LogP contribution in [0.1, 0.15) is 19.8 Å². The van der Waals surface area contributed by atoms with Gasteiger partial charge in [-0.25, -0.2) is 0 Å². The smallest absolute Gasteiger partial charge is 0.191 e. The molecule has 7 heteroatoms. The van der Waals surface area contributed by atoms with Crippen LogP contribution in [-0.4, -0.2) is 94.9 Å². The van der Waals surface area contributed by atoms with Crippen LogP contribution in [0.25, 0.3) is 0 Å². The van der Waals surface area contributed by atoms with Gasteiger partial charge in [-0.3, -0.25) is 4.99 Å². The lowest BCUT2D eigenvalue weighted by Gasteiger charge is -2.22. The maximum atomic E-state index is 5.53. The molecule has 0 saturated carbocycles. The molecule has 0 bridgehead atoms. The van der Waals surface area contributed by atoms with Gasteiger partial charge in [-0.1, -0.05) is 12.1 Å². The summed E-state index contributed by atoms with van der Waals surface area (Å²) in [5.41, 5.74) is 1.17. The first kappa shape index (κ1) is 21.7. The van der Waals surface area contributed by atoms with Crippen molar-refractivity contribution in [3.05, 3.63) is 24.3 Å². The van der Waals surface area contributed by atoms with Crippen LogP contribution < -0.4 is 20.3 Å². The number of ether oxygens (including phenoxy) is 1. The van der Waals surface area contributed by atoms with Crippen molar-refractivity contribution in [2.24, 2.45) is 4.99 Å². The Kier molecular flexibility index (Phi) is 8.43. The molecule has 1 unspecified atom stereocenters. The number of hydrogen-bond acceptors (Lipinski definition) is 5. The normalized spacial score (nSPS) is 21.8. The van der Waals surface area contributed by atoms with Crippen LogP contribution in [0.15, 0.2) is 29.3 Å². The molecule has 2 aliphatic rings. The zero-order valence-electron chi connectivity index (χ0n) is 18.4. The summed E-state index contributed by atoms with van der Waals surface area (Å²) in [6, 6.07) is 8.66. The lowest BCUT2D eigenvalue weighted by atomic mass is 10.2. The van der Waals surface area contributed by atoms with Crippen molar-refractivity contribution >= 4 is 11.6 Å². The lowest BCUT2D eigenvalue weighted by Crippen LogP contribution is -2.45. The van der Waals surface area contributed by atoms with Crippen molar-refractivity contribution in [1.29, 1.82) is 0 Å². The fourth-order valence-corrected chi connectivity index (χ4v) is 4.13. The number of hydrogen-bond donors (Lipinski definition) is 2. The molecular weight excluding hydrogens is 364 g/mol. The fourth-order valence-electron chi connectivity index (χ4n) is 4.13. The van der Waals surface area contributed by atoms with Crippen LogP contribution in [0.4, 0.5) is 5.69 Å². The van der Waals surface area contributed by atoms with Gasteiger partial charge in [0.05, 0.1) is 19.3 Å². The number of guanidine groups is 1. The molecule has 1 aromatic rings. The van der Waals surface area contributed by atoms with Crippen molar-refractivity contribution in [2.45, 2.75) is 25.8 Å². The predicted molar refractivity (Wildman–Crippen MR) is 121 cm³/mol. The van der Waals surface area contributed by atoms with E-state index < -0.39 is 0 Å². The third-order valence-corrected chi connectivity index (χ3v) is 5.80. The fraction of sp³-hybridized carbons (Fsp3) is 0.682. The Hall–Kier alpha value is -1.99. The van der Waals surface area contributed by atoms with Gasteiger partial charge in [-0.2, -0.15) is 0 Å². The number of aliphatic imine (C=N–C) groups is 1. The minimum absolute atomic E-state index is 0.393. The molecule has 2 heterocycles. The van der Waals surface area contributed by atoms with E-state index in [1.165, 1.54) is 25.2 Å². The number of benzene rings is 1. The standard InChI is InChI=1S/C22H38N6O/c1-4-23-22(24-11-15-27-13-7-12-26(2)16-17-27)25-19-10-14-28(18-19)20-8-5-6-9-21(20)29-3/h5-6,8-9,19H,4,7,10-18H2,1-3H3,(H2,23,24,25). The first-order valence-corrected chi connectivity index (χ1v) is 11.0. The Morgan fingerprint density at radius 1 is 1.17 bits per heavy atom. The van der Waals surface area contributed by atoms with Crippen LogP contribution in [0.2, 0.25) is 0 Å². The molecule has 3 rings (SSSR count). The van der Waals surface area contributed by atoms with Gasteiger partial charge in [0.25, 0.3) is 0 Å². The molecule has 2 saturated heterocycles. The SMILES string of the molecule is CCNC(=NCCN1CCCN(C)CC1)NC1CCN(c2ccccc2OC)C1. The zero-order chi connectivity index (χ0) is 20.5. The molecule has 2 N–H and O–H groups in total. The van der Waals surface area contributed by atoms with Gasteiger partial charge in [0.15, 0.2) is 5.96 Å². The number of nitrogens with zero attached hydrogens (tertiary/aromatic N) is 4. The number of rotatable bonds is 7. The van der Waals surface area contributed by atoms with Crippen LogP contribution in [0, 0.1) is 0 Å². The van der Waals surface area contributed by atoms with E-state index in [9.17, 15) is 0 Å². The minimum Gasteiger partial charge on any atom is -0.495 e. The van der Waals surface area contributed by atoms with E-state index in [1.54, 1.807) is 7.11 Å². The molecule has 0 aromatic heterocycles. The third-order valence-electron chi connectivity index (χ3n) is 5.80. The highest BCUT2D eigenvalue weighted by atomic mass is 16.5. The molecule has 0 spiro atoms. The third kappa shape index (κ3) is 6.51. The van der Waals surface area contributed by atoms with Crippen molar-refractivity contribution in [2.75, 3.05) is 78.0 Å². The van der Waals surface area contributed by atoms with Gasteiger partial charge in [-0.15, -0.1) is 0 Å². The summed E-state index contributed by atoms with van der Waals surface area (Å²) in [6.45, 7) is 11.5. The second kappa shape index (κ2) is 11.3. The Labute approximate surface area is 176 Å². The van der Waals surface area contributed by atoms with Crippen molar-refractivity contribution in [1.82, 2.24) is 20.4 Å². The van der Waals surface area contributed by atoms with Gasteiger partial charge in [-0.05, 0) is 52.0 Å². The van der Waals surface area contributed by atoms with Gasteiger partial charge in [0.1, 0.15) is 5.75 Å². The van der Waals surface area contributed by atoms with Crippen LogP contribution in [0.5, 0.6) is 5.75 Å².